The van der Waals surface area contributed by atoms with Crippen molar-refractivity contribution >= 4 is 0 Å². The second-order valence-corrected chi connectivity index (χ2v) is 5.64. The van der Waals surface area contributed by atoms with Crippen LogP contribution >= 0.6 is 0 Å². The van der Waals surface area contributed by atoms with Crippen LogP contribution in [-0.2, 0) is 0 Å². The quantitative estimate of drug-likeness (QED) is 0.870. The summed E-state index contributed by atoms with van der Waals surface area (Å²) >= 11 is 0. The second kappa shape index (κ2) is 7.60. The number of hydrogen-bond donors (Lipinski definition) is 1. The van der Waals surface area contributed by atoms with Crippen molar-refractivity contribution in [2.75, 3.05) is 26.8 Å². The highest BCUT2D eigenvalue weighted by atomic mass is 19.1. The van der Waals surface area contributed by atoms with Crippen LogP contribution in [0, 0.1) is 11.7 Å². The van der Waals surface area contributed by atoms with Crippen LogP contribution in [0.1, 0.15) is 25.7 Å². The molecule has 1 aliphatic rings. The van der Waals surface area contributed by atoms with Crippen LogP contribution in [0.25, 0.3) is 0 Å². The summed E-state index contributed by atoms with van der Waals surface area (Å²) in [5, 5.41) is 9.14. The van der Waals surface area contributed by atoms with E-state index in [1.54, 1.807) is 12.1 Å². The van der Waals surface area contributed by atoms with E-state index >= 15 is 0 Å². The molecule has 0 unspecified atom stereocenters. The highest BCUT2D eigenvalue weighted by molar-refractivity contribution is 5.21. The molecule has 0 radical (unpaired) electrons. The fourth-order valence-electron chi connectivity index (χ4n) is 2.79. The zero-order valence-corrected chi connectivity index (χ0v) is 12.1. The summed E-state index contributed by atoms with van der Waals surface area (Å²) < 4.78 is 18.4. The fraction of sp³-hybridized carbons (Fsp3) is 0.625. The van der Waals surface area contributed by atoms with E-state index in [1.807, 2.05) is 0 Å². The molecule has 0 atom stereocenters. The Kier molecular flexibility index (Phi) is 5.80. The minimum atomic E-state index is -0.241. The molecule has 0 saturated heterocycles. The van der Waals surface area contributed by atoms with E-state index in [9.17, 15) is 4.39 Å². The third kappa shape index (κ3) is 4.46. The Labute approximate surface area is 120 Å². The molecule has 1 fully saturated rings. The molecule has 0 aromatic heterocycles. The topological polar surface area (TPSA) is 32.7 Å². The third-order valence-corrected chi connectivity index (χ3v) is 4.22. The number of ether oxygens (including phenoxy) is 1. The Hall–Kier alpha value is -1.13. The van der Waals surface area contributed by atoms with Crippen LogP contribution in [0.2, 0.25) is 0 Å². The Morgan fingerprint density at radius 2 is 1.85 bits per heavy atom. The van der Waals surface area contributed by atoms with Gasteiger partial charge in [-0.05, 0) is 62.9 Å². The molecular formula is C16H24FNO2. The van der Waals surface area contributed by atoms with Gasteiger partial charge in [0.2, 0.25) is 0 Å². The van der Waals surface area contributed by atoms with E-state index in [4.69, 9.17) is 9.84 Å². The summed E-state index contributed by atoms with van der Waals surface area (Å²) in [5.74, 6) is 0.967. The maximum Gasteiger partial charge on any atom is 0.123 e. The molecule has 1 saturated carbocycles. The summed E-state index contributed by atoms with van der Waals surface area (Å²) in [5.41, 5.74) is 0. The van der Waals surface area contributed by atoms with Gasteiger partial charge >= 0.3 is 0 Å². The van der Waals surface area contributed by atoms with Crippen LogP contribution in [0.15, 0.2) is 24.3 Å². The molecule has 0 spiro atoms. The molecule has 3 nitrogen and oxygen atoms in total. The molecule has 0 bridgehead atoms. The first-order valence-corrected chi connectivity index (χ1v) is 7.38. The lowest BCUT2D eigenvalue weighted by atomic mass is 9.86. The van der Waals surface area contributed by atoms with Crippen LogP contribution in [0.5, 0.6) is 5.75 Å². The lowest BCUT2D eigenvalue weighted by molar-refractivity contribution is 0.116. The van der Waals surface area contributed by atoms with Crippen LogP contribution in [0.4, 0.5) is 4.39 Å². The van der Waals surface area contributed by atoms with Gasteiger partial charge in [-0.15, -0.1) is 0 Å². The van der Waals surface area contributed by atoms with Gasteiger partial charge in [0.1, 0.15) is 18.2 Å². The standard InChI is InChI=1S/C16H24FNO2/c1-18(15-6-2-13(12-19)3-7-15)10-11-20-16-8-4-14(17)5-9-16/h4-5,8-9,13,15,19H,2-3,6-7,10-12H2,1H3. The van der Waals surface area contributed by atoms with Crippen LogP contribution in [-0.4, -0.2) is 42.9 Å². The molecule has 1 aliphatic carbocycles. The van der Waals surface area contributed by atoms with Crippen molar-refractivity contribution in [2.24, 2.45) is 5.92 Å². The average Bonchev–Trinajstić information content (AvgIpc) is 2.49. The van der Waals surface area contributed by atoms with Gasteiger partial charge < -0.3 is 14.7 Å². The number of hydrogen-bond acceptors (Lipinski definition) is 3. The largest absolute Gasteiger partial charge is 0.492 e. The van der Waals surface area contributed by atoms with E-state index < -0.39 is 0 Å². The number of benzene rings is 1. The van der Waals surface area contributed by atoms with Gasteiger partial charge in [-0.3, -0.25) is 0 Å². The Balaban J connectivity index is 1.67. The van der Waals surface area contributed by atoms with Crippen LogP contribution in [0.3, 0.4) is 0 Å². The minimum Gasteiger partial charge on any atom is -0.492 e. The van der Waals surface area contributed by atoms with Gasteiger partial charge in [0, 0.05) is 19.2 Å². The third-order valence-electron chi connectivity index (χ3n) is 4.22. The summed E-state index contributed by atoms with van der Waals surface area (Å²) in [6.07, 6.45) is 4.53. The van der Waals surface area contributed by atoms with E-state index in [1.165, 1.54) is 12.1 Å². The van der Waals surface area contributed by atoms with Crippen molar-refractivity contribution in [3.63, 3.8) is 0 Å². The Bertz CT molecular complexity index is 388. The molecule has 1 aromatic carbocycles. The van der Waals surface area contributed by atoms with Gasteiger partial charge in [0.05, 0.1) is 0 Å². The molecule has 0 amide bonds. The van der Waals surface area contributed by atoms with E-state index in [0.29, 0.717) is 30.9 Å². The van der Waals surface area contributed by atoms with E-state index in [-0.39, 0.29) is 5.82 Å². The van der Waals surface area contributed by atoms with Crippen molar-refractivity contribution in [1.29, 1.82) is 0 Å². The summed E-state index contributed by atoms with van der Waals surface area (Å²) in [6, 6.07) is 6.73. The maximum atomic E-state index is 12.8. The normalized spacial score (nSPS) is 23.0. The molecule has 0 aliphatic heterocycles. The zero-order valence-electron chi connectivity index (χ0n) is 12.1. The van der Waals surface area contributed by atoms with Gasteiger partial charge in [-0.1, -0.05) is 0 Å². The Morgan fingerprint density at radius 3 is 2.45 bits per heavy atom. The zero-order chi connectivity index (χ0) is 14.4. The molecule has 1 aromatic rings. The molecular weight excluding hydrogens is 257 g/mol. The predicted molar refractivity (Wildman–Crippen MR) is 77.4 cm³/mol. The van der Waals surface area contributed by atoms with Gasteiger partial charge in [0.25, 0.3) is 0 Å². The molecule has 2 rings (SSSR count). The monoisotopic (exact) mass is 281 g/mol. The number of likely N-dealkylation sites (N-methyl/N-ethyl adjacent to an activating group) is 1. The minimum absolute atomic E-state index is 0.241. The Morgan fingerprint density at radius 1 is 1.20 bits per heavy atom. The summed E-state index contributed by atoms with van der Waals surface area (Å²) in [6.45, 7) is 1.80. The lowest BCUT2D eigenvalue weighted by Gasteiger charge is -2.34. The van der Waals surface area contributed by atoms with Crippen molar-refractivity contribution in [2.45, 2.75) is 31.7 Å². The van der Waals surface area contributed by atoms with Crippen LogP contribution < -0.4 is 4.74 Å². The number of halogens is 1. The SMILES string of the molecule is CN(CCOc1ccc(F)cc1)C1CCC(CO)CC1. The van der Waals surface area contributed by atoms with Gasteiger partial charge in [-0.2, -0.15) is 0 Å². The van der Waals surface area contributed by atoms with Crippen molar-refractivity contribution in [1.82, 2.24) is 4.90 Å². The summed E-state index contributed by atoms with van der Waals surface area (Å²) in [4.78, 5) is 2.33. The lowest BCUT2D eigenvalue weighted by Crippen LogP contribution is -2.38. The van der Waals surface area contributed by atoms with Gasteiger partial charge in [-0.25, -0.2) is 4.39 Å². The molecule has 20 heavy (non-hydrogen) atoms. The average molecular weight is 281 g/mol. The van der Waals surface area contributed by atoms with E-state index in [0.717, 1.165) is 32.2 Å². The first kappa shape index (κ1) is 15.3. The smallest absolute Gasteiger partial charge is 0.123 e. The van der Waals surface area contributed by atoms with Crippen molar-refractivity contribution in [3.05, 3.63) is 30.1 Å². The second-order valence-electron chi connectivity index (χ2n) is 5.64. The highest BCUT2D eigenvalue weighted by Crippen LogP contribution is 2.26. The van der Waals surface area contributed by atoms with Crippen molar-refractivity contribution < 1.29 is 14.2 Å². The molecule has 0 heterocycles. The molecule has 1 N–H and O–H groups in total. The number of rotatable bonds is 6. The summed E-state index contributed by atoms with van der Waals surface area (Å²) in [7, 11) is 2.12. The van der Waals surface area contributed by atoms with E-state index in [2.05, 4.69) is 11.9 Å². The number of aliphatic hydroxyl groups excluding tert-OH is 1. The maximum absolute atomic E-state index is 12.8. The van der Waals surface area contributed by atoms with Crippen molar-refractivity contribution in [3.8, 4) is 5.75 Å². The predicted octanol–water partition coefficient (Wildman–Crippen LogP) is 2.69. The first-order chi connectivity index (χ1) is 9.69. The number of nitrogens with zero attached hydrogens (tertiary/aromatic N) is 1. The molecule has 112 valence electrons. The first-order valence-electron chi connectivity index (χ1n) is 7.38. The van der Waals surface area contributed by atoms with Gasteiger partial charge in [0.15, 0.2) is 0 Å². The highest BCUT2D eigenvalue weighted by Gasteiger charge is 2.23. The fourth-order valence-corrected chi connectivity index (χ4v) is 2.79. The molecule has 4 heteroatoms. The number of aliphatic hydroxyl groups is 1.